The lowest BCUT2D eigenvalue weighted by molar-refractivity contribution is -0.581. The Balaban J connectivity index is 0.928. The van der Waals surface area contributed by atoms with Crippen molar-refractivity contribution in [1.82, 2.24) is 15.0 Å². The highest BCUT2D eigenvalue weighted by molar-refractivity contribution is 5.94. The van der Waals surface area contributed by atoms with Crippen LogP contribution in [0.5, 0.6) is 0 Å². The van der Waals surface area contributed by atoms with Gasteiger partial charge in [-0.1, -0.05) is 109 Å². The molecule has 47 heavy (non-hydrogen) atoms. The number of hydrogen-bond donors (Lipinski definition) is 0. The second kappa shape index (κ2) is 8.51. The average molecular weight is 604 g/mol. The molecule has 4 heteroatoms. The Labute approximate surface area is 272 Å². The van der Waals surface area contributed by atoms with Crippen LogP contribution < -0.4 is 0 Å². The molecule has 0 bridgehead atoms. The number of rotatable bonds is 6. The highest BCUT2D eigenvalue weighted by atomic mass is 16.3. The maximum absolute atomic E-state index is 6.15. The van der Waals surface area contributed by atoms with Gasteiger partial charge in [-0.2, -0.15) is 0 Å². The van der Waals surface area contributed by atoms with E-state index in [1.54, 1.807) is 6.39 Å². The van der Waals surface area contributed by atoms with Gasteiger partial charge < -0.3 is 4.42 Å². The van der Waals surface area contributed by atoms with Crippen molar-refractivity contribution in [3.05, 3.63) is 139 Å². The number of fused-ring (bicyclic) bond motifs is 1. The van der Waals surface area contributed by atoms with Crippen LogP contribution in [0, 0.1) is 41.4 Å². The number of nitrogens with zero attached hydrogens (tertiary/aromatic N) is 3. The zero-order valence-corrected chi connectivity index (χ0v) is 25.5. The minimum Gasteiger partial charge on any atom is -0.443 e. The van der Waals surface area contributed by atoms with E-state index >= 15 is 0 Å². The van der Waals surface area contributed by atoms with Gasteiger partial charge in [-0.3, -0.25) is 0 Å². The topological polar surface area (TPSA) is 51.8 Å². The van der Waals surface area contributed by atoms with Gasteiger partial charge in [-0.25, -0.2) is 15.0 Å². The summed E-state index contributed by atoms with van der Waals surface area (Å²) in [4.78, 5) is 14.9. The van der Waals surface area contributed by atoms with E-state index in [0.717, 1.165) is 109 Å². The van der Waals surface area contributed by atoms with Crippen LogP contribution in [0.25, 0.3) is 67.3 Å². The van der Waals surface area contributed by atoms with Crippen molar-refractivity contribution in [2.24, 2.45) is 41.4 Å². The molecule has 0 radical (unpaired) electrons. The molecule has 0 spiro atoms. The molecule has 6 saturated carbocycles. The lowest BCUT2D eigenvalue weighted by atomic mass is 8.96. The molecule has 4 nitrogen and oxygen atoms in total. The van der Waals surface area contributed by atoms with E-state index in [1.807, 2.05) is 24.3 Å². The monoisotopic (exact) mass is 603 g/mol. The maximum atomic E-state index is 6.15. The van der Waals surface area contributed by atoms with E-state index in [1.165, 1.54) is 5.56 Å². The Kier molecular flexibility index (Phi) is 4.50. The van der Waals surface area contributed by atoms with E-state index in [2.05, 4.69) is 103 Å². The molecule has 2 aromatic heterocycles. The van der Waals surface area contributed by atoms with Crippen molar-refractivity contribution in [1.29, 1.82) is 0 Å². The second-order valence-electron chi connectivity index (χ2n) is 14.4. The van der Waals surface area contributed by atoms with Gasteiger partial charge in [0.25, 0.3) is 0 Å². The molecule has 5 aromatic carbocycles. The number of aromatic nitrogens is 3. The molecule has 6 fully saturated rings. The van der Waals surface area contributed by atoms with Crippen LogP contribution in [0.4, 0.5) is 0 Å². The first-order valence-corrected chi connectivity index (χ1v) is 16.9. The molecule has 6 aliphatic carbocycles. The molecule has 6 aliphatic rings. The standard InChI is InChI=1S/C43H29N3O/c1-3-9-23(10-4-1)31-21-32(46-42(45-31)24-11-5-2-6-12-24)28-16-8-14-26(20-28)25-13-7-15-27(19-25)29-17-18-30(40-41(29)47-22-44-40)43-37-34-33-35(37)39(43)36(33)38(34)43/h1-22,33-39H. The van der Waals surface area contributed by atoms with E-state index in [9.17, 15) is 0 Å². The van der Waals surface area contributed by atoms with Crippen LogP contribution in [0.3, 0.4) is 0 Å². The smallest absolute Gasteiger partial charge is 0.182 e. The van der Waals surface area contributed by atoms with E-state index in [0.29, 0.717) is 5.41 Å². The van der Waals surface area contributed by atoms with Crippen molar-refractivity contribution >= 4 is 11.1 Å². The third kappa shape index (κ3) is 2.86. The van der Waals surface area contributed by atoms with Crippen molar-refractivity contribution in [2.75, 3.05) is 0 Å². The normalized spacial score (nSPS) is 29.6. The van der Waals surface area contributed by atoms with Gasteiger partial charge >= 0.3 is 0 Å². The molecular weight excluding hydrogens is 574 g/mol. The summed E-state index contributed by atoms with van der Waals surface area (Å²) in [6.07, 6.45) is 1.65. The molecule has 0 unspecified atom stereocenters. The van der Waals surface area contributed by atoms with Crippen molar-refractivity contribution in [3.8, 4) is 56.2 Å². The molecule has 7 aromatic rings. The summed E-state index contributed by atoms with van der Waals surface area (Å²) < 4.78 is 6.15. The highest BCUT2D eigenvalue weighted by Gasteiger charge is 3.04. The molecule has 2 heterocycles. The Bertz CT molecular complexity index is 2320. The summed E-state index contributed by atoms with van der Waals surface area (Å²) in [7, 11) is 0. The molecule has 0 N–H and O–H groups in total. The van der Waals surface area contributed by atoms with Crippen LogP contribution in [0.1, 0.15) is 5.56 Å². The summed E-state index contributed by atoms with van der Waals surface area (Å²) in [5.41, 5.74) is 13.4. The Morgan fingerprint density at radius 2 is 1.06 bits per heavy atom. The molecule has 222 valence electrons. The maximum Gasteiger partial charge on any atom is 0.182 e. The zero-order chi connectivity index (χ0) is 30.4. The minimum absolute atomic E-state index is 0.437. The minimum atomic E-state index is 0.437. The van der Waals surface area contributed by atoms with E-state index < -0.39 is 0 Å². The second-order valence-corrected chi connectivity index (χ2v) is 14.4. The summed E-state index contributed by atoms with van der Waals surface area (Å²) >= 11 is 0. The van der Waals surface area contributed by atoms with Gasteiger partial charge in [0, 0.05) is 27.7 Å². The van der Waals surface area contributed by atoms with Crippen LogP contribution >= 0.6 is 0 Å². The summed E-state index contributed by atoms with van der Waals surface area (Å²) in [5.74, 6) is 7.78. The predicted octanol–water partition coefficient (Wildman–Crippen LogP) is 9.57. The molecule has 0 atom stereocenters. The lowest BCUT2D eigenvalue weighted by Crippen LogP contribution is -3.06. The van der Waals surface area contributed by atoms with Gasteiger partial charge in [0.2, 0.25) is 0 Å². The zero-order valence-electron chi connectivity index (χ0n) is 25.5. The van der Waals surface area contributed by atoms with Crippen molar-refractivity contribution < 1.29 is 4.42 Å². The van der Waals surface area contributed by atoms with Gasteiger partial charge in [0.05, 0.1) is 11.4 Å². The van der Waals surface area contributed by atoms with Gasteiger partial charge in [0.1, 0.15) is 5.52 Å². The van der Waals surface area contributed by atoms with Crippen LogP contribution in [-0.4, -0.2) is 15.0 Å². The van der Waals surface area contributed by atoms with Crippen LogP contribution in [0.2, 0.25) is 0 Å². The highest BCUT2D eigenvalue weighted by Crippen LogP contribution is 3.05. The first kappa shape index (κ1) is 24.8. The fourth-order valence-corrected chi connectivity index (χ4v) is 11.3. The summed E-state index contributed by atoms with van der Waals surface area (Å²) in [6, 6.07) is 44.9. The molecule has 0 aliphatic heterocycles. The largest absolute Gasteiger partial charge is 0.443 e. The van der Waals surface area contributed by atoms with E-state index in [4.69, 9.17) is 19.4 Å². The molecule has 13 rings (SSSR count). The first-order valence-electron chi connectivity index (χ1n) is 16.9. The van der Waals surface area contributed by atoms with E-state index in [-0.39, 0.29) is 0 Å². The number of oxazole rings is 1. The van der Waals surface area contributed by atoms with Gasteiger partial charge in [-0.15, -0.1) is 0 Å². The average Bonchev–Trinajstić information content (AvgIpc) is 3.66. The van der Waals surface area contributed by atoms with Crippen LogP contribution in [0.15, 0.2) is 138 Å². The Morgan fingerprint density at radius 3 is 1.77 bits per heavy atom. The quantitative estimate of drug-likeness (QED) is 0.190. The Hall–Kier alpha value is -5.35. The van der Waals surface area contributed by atoms with Gasteiger partial charge in [-0.05, 0) is 81.9 Å². The number of benzene rings is 5. The fraction of sp³-hybridized carbons (Fsp3) is 0.186. The summed E-state index contributed by atoms with van der Waals surface area (Å²) in [5, 5.41) is 0. The molecule has 0 amide bonds. The summed E-state index contributed by atoms with van der Waals surface area (Å²) in [6.45, 7) is 0. The molecule has 0 saturated heterocycles. The first-order chi connectivity index (χ1) is 23.3. The van der Waals surface area contributed by atoms with Crippen LogP contribution in [-0.2, 0) is 5.41 Å². The number of hydrogen-bond acceptors (Lipinski definition) is 4. The third-order valence-electron chi connectivity index (χ3n) is 12.9. The third-order valence-corrected chi connectivity index (χ3v) is 12.9. The van der Waals surface area contributed by atoms with Crippen molar-refractivity contribution in [3.63, 3.8) is 0 Å². The predicted molar refractivity (Wildman–Crippen MR) is 183 cm³/mol. The fourth-order valence-electron chi connectivity index (χ4n) is 11.3. The van der Waals surface area contributed by atoms with Gasteiger partial charge in [0.15, 0.2) is 17.8 Å². The van der Waals surface area contributed by atoms with Crippen molar-refractivity contribution in [2.45, 2.75) is 5.41 Å². The SMILES string of the molecule is c1ccc(-c2cc(-c3cccc(-c4cccc(-c5ccc(C67C8C9C%10C8C6C%10C97)c6ncoc56)c4)c3)nc(-c3ccccc3)n2)cc1. The lowest BCUT2D eigenvalue weighted by Gasteiger charge is -3.07. The molecular formula is C43H29N3O. The Morgan fingerprint density at radius 1 is 0.489 bits per heavy atom.